The fourth-order valence-electron chi connectivity index (χ4n) is 14.6. The van der Waals surface area contributed by atoms with Gasteiger partial charge >= 0.3 is 18.1 Å². The van der Waals surface area contributed by atoms with Crippen LogP contribution in [0.4, 0.5) is 14.4 Å². The van der Waals surface area contributed by atoms with Gasteiger partial charge in [-0.25, -0.2) is 24.4 Å². The number of urea groups is 3. The van der Waals surface area contributed by atoms with Crippen LogP contribution in [0.3, 0.4) is 0 Å². The monoisotopic (exact) mass is 1150 g/mol. The van der Waals surface area contributed by atoms with Crippen molar-refractivity contribution in [3.8, 4) is 0 Å². The number of carbonyl (C=O) groups is 5. The van der Waals surface area contributed by atoms with Crippen molar-refractivity contribution in [3.63, 3.8) is 0 Å². The predicted octanol–water partition coefficient (Wildman–Crippen LogP) is 10.6. The number of nitrogens with zero attached hydrogens (tertiary/aromatic N) is 9. The van der Waals surface area contributed by atoms with E-state index in [1.807, 2.05) is 35.2 Å². The molecular weight excluding hydrogens is 1070 g/mol. The van der Waals surface area contributed by atoms with Gasteiger partial charge in [0.1, 0.15) is 10.3 Å². The van der Waals surface area contributed by atoms with Gasteiger partial charge in [-0.1, -0.05) is 114 Å². The quantitative estimate of drug-likeness (QED) is 0.129. The summed E-state index contributed by atoms with van der Waals surface area (Å²) in [6, 6.07) is 38.8. The molecular formula is C64H81Cl2N11O5. The average Bonchev–Trinajstić information content (AvgIpc) is 4.21. The number of pyridine rings is 2. The van der Waals surface area contributed by atoms with Gasteiger partial charge in [0.2, 0.25) is 11.8 Å². The molecule has 0 radical (unpaired) electrons. The topological polar surface area (TPSA) is 158 Å². The first-order valence-electron chi connectivity index (χ1n) is 28.8. The fourth-order valence-corrected chi connectivity index (χ4v) is 15.0. The van der Waals surface area contributed by atoms with Gasteiger partial charge in [-0.15, -0.1) is 0 Å². The van der Waals surface area contributed by atoms with Gasteiger partial charge in [-0.05, 0) is 171 Å². The molecule has 16 nitrogen and oxygen atoms in total. The average molecular weight is 1160 g/mol. The number of benzene rings is 3. The van der Waals surface area contributed by atoms with E-state index < -0.39 is 5.54 Å². The lowest BCUT2D eigenvalue weighted by atomic mass is 9.68. The van der Waals surface area contributed by atoms with Gasteiger partial charge in [0, 0.05) is 75.6 Å². The Balaban J connectivity index is 0.000000150. The van der Waals surface area contributed by atoms with Gasteiger partial charge < -0.3 is 20.4 Å². The van der Waals surface area contributed by atoms with E-state index >= 15 is 0 Å². The number of nitrogens with one attached hydrogen (secondary N) is 2. The Bertz CT molecular complexity index is 3070. The number of imide groups is 2. The highest BCUT2D eigenvalue weighted by Crippen LogP contribution is 2.51. The van der Waals surface area contributed by atoms with Crippen LogP contribution >= 0.6 is 23.2 Å². The molecule has 3 aromatic carbocycles. The maximum atomic E-state index is 13.2. The minimum absolute atomic E-state index is 0.0185. The van der Waals surface area contributed by atoms with Crippen LogP contribution in [0.5, 0.6) is 0 Å². The molecule has 6 aliphatic rings. The van der Waals surface area contributed by atoms with Crippen molar-refractivity contribution in [3.05, 3.63) is 166 Å². The Labute approximate surface area is 494 Å². The second-order valence-corrected chi connectivity index (χ2v) is 25.1. The lowest BCUT2D eigenvalue weighted by Crippen LogP contribution is -2.56. The molecule has 3 aliphatic carbocycles. The van der Waals surface area contributed by atoms with Crippen molar-refractivity contribution in [2.45, 2.75) is 137 Å². The maximum Gasteiger partial charge on any atom is 0.327 e. The minimum Gasteiger partial charge on any atom is -0.335 e. The molecule has 18 heteroatoms. The summed E-state index contributed by atoms with van der Waals surface area (Å²) in [6.45, 7) is 5.82. The molecule has 2 aromatic heterocycles. The largest absolute Gasteiger partial charge is 0.335 e. The summed E-state index contributed by atoms with van der Waals surface area (Å²) in [7, 11) is 12.8. The van der Waals surface area contributed by atoms with Gasteiger partial charge in [0.15, 0.2) is 0 Å². The number of halogens is 2. The second kappa shape index (κ2) is 24.4. The molecule has 8 amide bonds. The first-order chi connectivity index (χ1) is 39.1. The lowest BCUT2D eigenvalue weighted by Gasteiger charge is -2.50. The second-order valence-electron chi connectivity index (χ2n) is 24.4. The van der Waals surface area contributed by atoms with Gasteiger partial charge in [-0.2, -0.15) is 0 Å². The molecule has 2 N–H and O–H groups in total. The highest BCUT2D eigenvalue weighted by molar-refractivity contribution is 6.29. The SMILES string of the molecule is CC(=O)N1C(=O)N(Cc2ccnc(Cl)c2)CC12CCC(c1ccccc1)(N(C)C)CC2.CC(=O)N1C(=O)NCC12CCC(c1ccccc1)(N(C)C)CC2.CN(C)C1(c2ccccc2)CCC2(CC1)CN(Cc1ccnc(Cl)c1)C(=O)N2. The van der Waals surface area contributed by atoms with Gasteiger partial charge in [0.05, 0.1) is 16.6 Å². The molecule has 3 aliphatic heterocycles. The third kappa shape index (κ3) is 11.9. The molecule has 82 heavy (non-hydrogen) atoms. The Morgan fingerprint density at radius 3 is 1.28 bits per heavy atom. The number of rotatable bonds is 10. The summed E-state index contributed by atoms with van der Waals surface area (Å²) in [5.41, 5.74) is 4.85. The maximum absolute atomic E-state index is 13.2. The Morgan fingerprint density at radius 1 is 0.500 bits per heavy atom. The molecule has 3 saturated carbocycles. The Morgan fingerprint density at radius 2 is 0.890 bits per heavy atom. The van der Waals surface area contributed by atoms with Crippen molar-refractivity contribution >= 4 is 53.1 Å². The van der Waals surface area contributed by atoms with Crippen molar-refractivity contribution in [2.24, 2.45) is 0 Å². The zero-order chi connectivity index (χ0) is 58.7. The first kappa shape index (κ1) is 60.2. The number of carbonyl (C=O) groups excluding carboxylic acids is 5. The van der Waals surface area contributed by atoms with Crippen LogP contribution in [0.2, 0.25) is 10.3 Å². The van der Waals surface area contributed by atoms with Gasteiger partial charge in [-0.3, -0.25) is 34.1 Å². The molecule has 3 spiro atoms. The highest BCUT2D eigenvalue weighted by atomic mass is 35.5. The smallest absolute Gasteiger partial charge is 0.327 e. The van der Waals surface area contributed by atoms with Crippen LogP contribution in [-0.4, -0.2) is 153 Å². The van der Waals surface area contributed by atoms with Crippen LogP contribution in [0.25, 0.3) is 0 Å². The van der Waals surface area contributed by atoms with E-state index in [1.165, 1.54) is 40.3 Å². The summed E-state index contributed by atoms with van der Waals surface area (Å²) in [4.78, 5) is 84.1. The summed E-state index contributed by atoms with van der Waals surface area (Å²) in [6.07, 6.45) is 14.2. The van der Waals surface area contributed by atoms with Crippen LogP contribution in [0.15, 0.2) is 128 Å². The van der Waals surface area contributed by atoms with Gasteiger partial charge in [0.25, 0.3) is 0 Å². The summed E-state index contributed by atoms with van der Waals surface area (Å²) in [5.74, 6) is -0.339. The first-order valence-corrected chi connectivity index (χ1v) is 29.5. The van der Waals surface area contributed by atoms with E-state index in [-0.39, 0.29) is 57.6 Å². The number of hydrogen-bond acceptors (Lipinski definition) is 10. The van der Waals surface area contributed by atoms with Crippen LogP contribution in [-0.2, 0) is 39.3 Å². The zero-order valence-electron chi connectivity index (χ0n) is 49.0. The molecule has 11 rings (SSSR count). The van der Waals surface area contributed by atoms with E-state index in [2.05, 4.69) is 156 Å². The van der Waals surface area contributed by atoms with Crippen molar-refractivity contribution in [1.82, 2.24) is 54.9 Å². The van der Waals surface area contributed by atoms with E-state index in [9.17, 15) is 24.0 Å². The number of aromatic nitrogens is 2. The van der Waals surface area contributed by atoms with Crippen LogP contribution in [0, 0.1) is 0 Å². The van der Waals surface area contributed by atoms with E-state index in [1.54, 1.807) is 23.4 Å². The molecule has 3 saturated heterocycles. The van der Waals surface area contributed by atoms with Crippen LogP contribution in [0.1, 0.15) is 119 Å². The molecule has 0 atom stereocenters. The molecule has 0 unspecified atom stereocenters. The molecule has 6 fully saturated rings. The standard InChI is InChI=1S/C24H29ClN4O2.C22H27ClN4O.C18H25N3O2/c1-18(30)29-22(31)28(16-19-9-14-26-21(25)15-19)17-23(29)10-12-24(13-11-23,27(2)3)20-7-5-4-6-8-20;1-26(2)22(18-6-4-3-5-7-18)11-9-21(10-12-22)16-27(20(28)25-21)15-17-8-13-24-19(23)14-17;1-14(22)21-16(23)19-13-17(21)9-11-18(12-10-17,20(2)3)15-7-5-4-6-8-15/h4-9,14-15H,10-13,16-17H2,1-3H3;3-8,13-14H,9-12,15-16H2,1-2H3,(H,25,28);4-8H,9-13H2,1-3H3,(H,19,23). The van der Waals surface area contributed by atoms with E-state index in [4.69, 9.17) is 23.2 Å². The summed E-state index contributed by atoms with van der Waals surface area (Å²) in [5, 5.41) is 7.03. The summed E-state index contributed by atoms with van der Waals surface area (Å²) >= 11 is 12.0. The van der Waals surface area contributed by atoms with E-state index in [0.717, 1.165) is 94.7 Å². The van der Waals surface area contributed by atoms with Crippen molar-refractivity contribution in [2.75, 3.05) is 61.9 Å². The number of amides is 8. The Kier molecular flexibility index (Phi) is 17.9. The summed E-state index contributed by atoms with van der Waals surface area (Å²) < 4.78 is 0. The van der Waals surface area contributed by atoms with Crippen molar-refractivity contribution < 1.29 is 24.0 Å². The molecule has 5 aromatic rings. The molecule has 5 heterocycles. The molecule has 0 bridgehead atoms. The third-order valence-corrected chi connectivity index (χ3v) is 19.7. The predicted molar refractivity (Wildman–Crippen MR) is 321 cm³/mol. The number of hydrogen-bond donors (Lipinski definition) is 2. The molecule has 436 valence electrons. The minimum atomic E-state index is -0.464. The Hall–Kier alpha value is -6.43. The third-order valence-electron chi connectivity index (χ3n) is 19.3. The lowest BCUT2D eigenvalue weighted by molar-refractivity contribution is -0.132. The fraction of sp³-hybridized carbons (Fsp3) is 0.484. The normalized spacial score (nSPS) is 27.9. The van der Waals surface area contributed by atoms with Crippen LogP contribution < -0.4 is 10.6 Å². The van der Waals surface area contributed by atoms with Crippen molar-refractivity contribution in [1.29, 1.82) is 0 Å². The van der Waals surface area contributed by atoms with E-state index in [0.29, 0.717) is 36.5 Å². The zero-order valence-corrected chi connectivity index (χ0v) is 50.5. The highest BCUT2D eigenvalue weighted by Gasteiger charge is 2.57.